The number of aryl methyl sites for hydroxylation is 1. The van der Waals surface area contributed by atoms with Crippen LogP contribution < -0.4 is 14.8 Å². The van der Waals surface area contributed by atoms with E-state index in [2.05, 4.69) is 17.4 Å². The Hall–Kier alpha value is -4.00. The number of carbonyl (C=O) groups excluding carboxylic acids is 1. The number of fused-ring (bicyclic) bond motifs is 3. The molecule has 0 fully saturated rings. The molecule has 2 N–H and O–H groups in total. The minimum atomic E-state index is -1.12. The van der Waals surface area contributed by atoms with Crippen molar-refractivity contribution in [3.8, 4) is 22.6 Å². The molecule has 0 aliphatic heterocycles. The van der Waals surface area contributed by atoms with Crippen LogP contribution >= 0.6 is 0 Å². The number of amides is 1. The Morgan fingerprint density at radius 3 is 2.12 bits per heavy atom. The Balaban J connectivity index is 1.37. The summed E-state index contributed by atoms with van der Waals surface area (Å²) in [5.41, 5.74) is 5.33. The Morgan fingerprint density at radius 1 is 0.912 bits per heavy atom. The topological polar surface area (TPSA) is 94.1 Å². The van der Waals surface area contributed by atoms with Crippen LogP contribution in [0.1, 0.15) is 29.0 Å². The summed E-state index contributed by atoms with van der Waals surface area (Å²) in [6.45, 7) is 0.127. The highest BCUT2D eigenvalue weighted by molar-refractivity contribution is 5.81. The van der Waals surface area contributed by atoms with Crippen molar-refractivity contribution in [3.63, 3.8) is 0 Å². The molecule has 0 saturated heterocycles. The quantitative estimate of drug-likeness (QED) is 0.483. The smallest absolute Gasteiger partial charge is 0.407 e. The van der Waals surface area contributed by atoms with Gasteiger partial charge in [0.25, 0.3) is 0 Å². The van der Waals surface area contributed by atoms with Crippen molar-refractivity contribution in [2.75, 3.05) is 20.8 Å². The lowest BCUT2D eigenvalue weighted by Gasteiger charge is -2.18. The van der Waals surface area contributed by atoms with Gasteiger partial charge in [-0.15, -0.1) is 0 Å². The van der Waals surface area contributed by atoms with Gasteiger partial charge >= 0.3 is 12.1 Å². The van der Waals surface area contributed by atoms with E-state index in [0.717, 1.165) is 27.8 Å². The maximum absolute atomic E-state index is 12.5. The highest BCUT2D eigenvalue weighted by Crippen LogP contribution is 2.44. The molecule has 0 aromatic heterocycles. The van der Waals surface area contributed by atoms with Crippen LogP contribution in [0.3, 0.4) is 0 Å². The summed E-state index contributed by atoms with van der Waals surface area (Å²) in [6, 6.07) is 20.4. The summed E-state index contributed by atoms with van der Waals surface area (Å²) >= 11 is 0. The number of carboxylic acids is 1. The number of ether oxygens (including phenoxy) is 3. The summed E-state index contributed by atoms with van der Waals surface area (Å²) in [6.07, 6.45) is -0.114. The Kier molecular flexibility index (Phi) is 7.01. The molecule has 1 atom stereocenters. The average molecular weight is 462 g/mol. The van der Waals surface area contributed by atoms with Crippen LogP contribution in [0.15, 0.2) is 66.7 Å². The predicted octanol–water partition coefficient (Wildman–Crippen LogP) is 4.63. The number of hydrogen-bond acceptors (Lipinski definition) is 5. The van der Waals surface area contributed by atoms with Gasteiger partial charge in [0.1, 0.15) is 12.6 Å². The molecule has 7 heteroatoms. The largest absolute Gasteiger partial charge is 0.493 e. The molecule has 0 bridgehead atoms. The molecule has 1 aliphatic carbocycles. The molecule has 176 valence electrons. The first-order valence-electron chi connectivity index (χ1n) is 11.1. The van der Waals surface area contributed by atoms with Crippen LogP contribution in [0, 0.1) is 0 Å². The molecule has 0 saturated carbocycles. The third-order valence-electron chi connectivity index (χ3n) is 6.10. The Bertz CT molecular complexity index is 1150. The van der Waals surface area contributed by atoms with Crippen LogP contribution in [0.25, 0.3) is 11.1 Å². The van der Waals surface area contributed by atoms with Gasteiger partial charge in [0, 0.05) is 5.92 Å². The van der Waals surface area contributed by atoms with Gasteiger partial charge in [-0.3, -0.25) is 0 Å². The first kappa shape index (κ1) is 23.2. The summed E-state index contributed by atoms with van der Waals surface area (Å²) < 4.78 is 16.0. The number of benzene rings is 3. The van der Waals surface area contributed by atoms with Crippen molar-refractivity contribution in [1.82, 2.24) is 5.32 Å². The highest BCUT2D eigenvalue weighted by atomic mass is 16.5. The van der Waals surface area contributed by atoms with E-state index in [1.54, 1.807) is 26.4 Å². The molecule has 3 aromatic rings. The van der Waals surface area contributed by atoms with Crippen molar-refractivity contribution in [3.05, 3.63) is 83.4 Å². The number of carboxylic acid groups (broad SMARTS) is 1. The molecule has 0 heterocycles. The summed E-state index contributed by atoms with van der Waals surface area (Å²) in [5, 5.41) is 12.1. The lowest BCUT2D eigenvalue weighted by molar-refractivity contribution is -0.139. The van der Waals surface area contributed by atoms with Crippen LogP contribution in [-0.2, 0) is 16.0 Å². The zero-order valence-corrected chi connectivity index (χ0v) is 19.1. The zero-order valence-electron chi connectivity index (χ0n) is 19.1. The SMILES string of the molecule is COc1ccc(CCC(NC(=O)OCC2c3ccccc3-c3ccccc32)C(=O)O)cc1OC. The lowest BCUT2D eigenvalue weighted by Crippen LogP contribution is -2.41. The van der Waals surface area contributed by atoms with E-state index in [0.29, 0.717) is 17.9 Å². The first-order valence-corrected chi connectivity index (χ1v) is 11.1. The third kappa shape index (κ3) is 4.83. The van der Waals surface area contributed by atoms with Crippen LogP contribution in [-0.4, -0.2) is 44.0 Å². The minimum Gasteiger partial charge on any atom is -0.493 e. The summed E-state index contributed by atoms with van der Waals surface area (Å²) in [4.78, 5) is 24.3. The standard InChI is InChI=1S/C27H27NO6/c1-32-24-14-12-17(15-25(24)33-2)11-13-23(26(29)30)28-27(31)34-16-22-20-9-5-3-7-18(20)19-8-4-6-10-21(19)22/h3-10,12,14-15,22-23H,11,13,16H2,1-2H3,(H,28,31)(H,29,30). The number of rotatable bonds is 9. The van der Waals surface area contributed by atoms with E-state index in [9.17, 15) is 14.7 Å². The molecule has 1 amide bonds. The van der Waals surface area contributed by atoms with Crippen LogP contribution in [0.4, 0.5) is 4.79 Å². The summed E-state index contributed by atoms with van der Waals surface area (Å²) in [5.74, 6) is -0.0451. The van der Waals surface area contributed by atoms with Crippen LogP contribution in [0.2, 0.25) is 0 Å². The van der Waals surface area contributed by atoms with E-state index in [-0.39, 0.29) is 18.9 Å². The van der Waals surface area contributed by atoms with E-state index < -0.39 is 18.1 Å². The molecule has 0 radical (unpaired) electrons. The Morgan fingerprint density at radius 2 is 1.53 bits per heavy atom. The van der Waals surface area contributed by atoms with Crippen molar-refractivity contribution in [1.29, 1.82) is 0 Å². The second-order valence-corrected chi connectivity index (χ2v) is 8.09. The molecular formula is C27H27NO6. The minimum absolute atomic E-state index is 0.0896. The molecular weight excluding hydrogens is 434 g/mol. The maximum Gasteiger partial charge on any atom is 0.407 e. The maximum atomic E-state index is 12.5. The van der Waals surface area contributed by atoms with Crippen molar-refractivity contribution < 1.29 is 28.9 Å². The van der Waals surface area contributed by atoms with E-state index >= 15 is 0 Å². The summed E-state index contributed by atoms with van der Waals surface area (Å²) in [7, 11) is 3.09. The third-order valence-corrected chi connectivity index (χ3v) is 6.10. The molecule has 7 nitrogen and oxygen atoms in total. The predicted molar refractivity (Wildman–Crippen MR) is 127 cm³/mol. The first-order chi connectivity index (χ1) is 16.5. The monoisotopic (exact) mass is 461 g/mol. The van der Waals surface area contributed by atoms with Crippen LogP contribution in [0.5, 0.6) is 11.5 Å². The zero-order chi connectivity index (χ0) is 24.1. The van der Waals surface area contributed by atoms with Gasteiger partial charge in [-0.05, 0) is 52.8 Å². The number of aliphatic carboxylic acids is 1. The normalized spacial score (nSPS) is 12.9. The van der Waals surface area contributed by atoms with Gasteiger partial charge in [-0.2, -0.15) is 0 Å². The number of hydrogen-bond donors (Lipinski definition) is 2. The van der Waals surface area contributed by atoms with E-state index in [4.69, 9.17) is 14.2 Å². The van der Waals surface area contributed by atoms with Gasteiger partial charge < -0.3 is 24.6 Å². The number of methoxy groups -OCH3 is 2. The molecule has 1 aliphatic rings. The fourth-order valence-corrected chi connectivity index (χ4v) is 4.39. The van der Waals surface area contributed by atoms with Gasteiger partial charge in [0.2, 0.25) is 0 Å². The van der Waals surface area contributed by atoms with Gasteiger partial charge in [0.15, 0.2) is 11.5 Å². The molecule has 34 heavy (non-hydrogen) atoms. The molecule has 4 rings (SSSR count). The molecule has 1 unspecified atom stereocenters. The lowest BCUT2D eigenvalue weighted by atomic mass is 9.98. The number of carbonyl (C=O) groups is 2. The Labute approximate surface area is 198 Å². The van der Waals surface area contributed by atoms with Gasteiger partial charge in [-0.1, -0.05) is 54.6 Å². The van der Waals surface area contributed by atoms with Gasteiger partial charge in [0.05, 0.1) is 14.2 Å². The fourth-order valence-electron chi connectivity index (χ4n) is 4.39. The van der Waals surface area contributed by atoms with E-state index in [1.807, 2.05) is 42.5 Å². The van der Waals surface area contributed by atoms with Crippen molar-refractivity contribution in [2.24, 2.45) is 0 Å². The second kappa shape index (κ2) is 10.3. The van der Waals surface area contributed by atoms with E-state index in [1.165, 1.54) is 0 Å². The molecule has 3 aromatic carbocycles. The number of alkyl carbamates (subject to hydrolysis) is 1. The molecule has 0 spiro atoms. The highest BCUT2D eigenvalue weighted by Gasteiger charge is 2.29. The fraction of sp³-hybridized carbons (Fsp3) is 0.259. The average Bonchev–Trinajstić information content (AvgIpc) is 3.18. The van der Waals surface area contributed by atoms with Crippen molar-refractivity contribution >= 4 is 12.1 Å². The van der Waals surface area contributed by atoms with Crippen molar-refractivity contribution in [2.45, 2.75) is 24.8 Å². The van der Waals surface area contributed by atoms with Gasteiger partial charge in [-0.25, -0.2) is 9.59 Å². The number of nitrogens with one attached hydrogen (secondary N) is 1. The second-order valence-electron chi connectivity index (χ2n) is 8.09.